The fourth-order valence-corrected chi connectivity index (χ4v) is 3.91. The van der Waals surface area contributed by atoms with Crippen LogP contribution in [0.15, 0.2) is 29.2 Å². The zero-order valence-electron chi connectivity index (χ0n) is 12.1. The topological polar surface area (TPSA) is 46.6 Å². The van der Waals surface area contributed by atoms with Crippen LogP contribution in [0.4, 0.5) is 0 Å². The van der Waals surface area contributed by atoms with Crippen molar-refractivity contribution in [3.05, 3.63) is 29.8 Å². The number of hydrogen-bond acceptors (Lipinski definition) is 4. The van der Waals surface area contributed by atoms with Crippen LogP contribution in [0.2, 0.25) is 0 Å². The Hall–Kier alpha value is -1.49. The highest BCUT2D eigenvalue weighted by atomic mass is 32.2. The van der Waals surface area contributed by atoms with Crippen LogP contribution in [-0.4, -0.2) is 41.7 Å². The van der Waals surface area contributed by atoms with Gasteiger partial charge in [-0.1, -0.05) is 18.2 Å². The Bertz CT molecular complexity index is 556. The standard InChI is InChI=1S/C16H19NO3S/c1-2-20-15(18)9-17(11-7-8-11)16(19)13-10-21-14-6-4-3-5-12(13)14/h3-6,11,13H,2,7-10H2,1H3. The molecule has 2 aliphatic rings. The molecule has 0 aromatic heterocycles. The molecule has 1 heterocycles. The van der Waals surface area contributed by atoms with E-state index in [2.05, 4.69) is 6.07 Å². The number of carbonyl (C=O) groups is 2. The van der Waals surface area contributed by atoms with Gasteiger partial charge in [-0.25, -0.2) is 0 Å². The molecule has 0 saturated heterocycles. The Morgan fingerprint density at radius 3 is 2.81 bits per heavy atom. The van der Waals surface area contributed by atoms with Gasteiger partial charge < -0.3 is 9.64 Å². The molecule has 0 N–H and O–H groups in total. The molecule has 112 valence electrons. The van der Waals surface area contributed by atoms with E-state index in [1.165, 1.54) is 4.90 Å². The number of benzene rings is 1. The molecule has 3 rings (SSSR count). The van der Waals surface area contributed by atoms with Gasteiger partial charge in [0.2, 0.25) is 5.91 Å². The number of fused-ring (bicyclic) bond motifs is 1. The van der Waals surface area contributed by atoms with Gasteiger partial charge in [0, 0.05) is 16.7 Å². The van der Waals surface area contributed by atoms with Gasteiger partial charge in [-0.2, -0.15) is 0 Å². The quantitative estimate of drug-likeness (QED) is 0.784. The van der Waals surface area contributed by atoms with E-state index in [0.717, 1.165) is 24.2 Å². The van der Waals surface area contributed by atoms with Gasteiger partial charge in [0.15, 0.2) is 0 Å². The lowest BCUT2D eigenvalue weighted by atomic mass is 10.00. The van der Waals surface area contributed by atoms with Crippen LogP contribution in [0.5, 0.6) is 0 Å². The van der Waals surface area contributed by atoms with Gasteiger partial charge in [0.25, 0.3) is 0 Å². The molecule has 1 aliphatic heterocycles. The number of ether oxygens (including phenoxy) is 1. The first-order valence-electron chi connectivity index (χ1n) is 7.38. The highest BCUT2D eigenvalue weighted by Gasteiger charge is 2.39. The summed E-state index contributed by atoms with van der Waals surface area (Å²) < 4.78 is 4.99. The minimum absolute atomic E-state index is 0.0722. The SMILES string of the molecule is CCOC(=O)CN(C(=O)C1CSc2ccccc21)C1CC1. The van der Waals surface area contributed by atoms with Crippen molar-refractivity contribution >= 4 is 23.6 Å². The maximum Gasteiger partial charge on any atom is 0.325 e. The summed E-state index contributed by atoms with van der Waals surface area (Å²) in [6.07, 6.45) is 1.99. The predicted octanol–water partition coefficient (Wildman–Crippen LogP) is 2.43. The Balaban J connectivity index is 1.75. The molecule has 5 heteroatoms. The fraction of sp³-hybridized carbons (Fsp3) is 0.500. The number of carbonyl (C=O) groups excluding carboxylic acids is 2. The zero-order chi connectivity index (χ0) is 14.8. The van der Waals surface area contributed by atoms with E-state index in [1.54, 1.807) is 23.6 Å². The maximum atomic E-state index is 12.8. The molecular weight excluding hydrogens is 286 g/mol. The van der Waals surface area contributed by atoms with Crippen LogP contribution in [0.3, 0.4) is 0 Å². The second kappa shape index (κ2) is 6.10. The summed E-state index contributed by atoms with van der Waals surface area (Å²) in [7, 11) is 0. The Morgan fingerprint density at radius 2 is 2.10 bits per heavy atom. The summed E-state index contributed by atoms with van der Waals surface area (Å²) in [5.74, 6) is 0.408. The normalized spacial score (nSPS) is 20.0. The number of amides is 1. The van der Waals surface area contributed by atoms with E-state index in [0.29, 0.717) is 6.61 Å². The molecule has 1 aliphatic carbocycles. The molecule has 1 unspecified atom stereocenters. The number of nitrogens with zero attached hydrogens (tertiary/aromatic N) is 1. The van der Waals surface area contributed by atoms with Gasteiger partial charge in [0.1, 0.15) is 6.54 Å². The minimum Gasteiger partial charge on any atom is -0.465 e. The van der Waals surface area contributed by atoms with Crippen molar-refractivity contribution in [1.29, 1.82) is 0 Å². The lowest BCUT2D eigenvalue weighted by molar-refractivity contribution is -0.149. The van der Waals surface area contributed by atoms with E-state index < -0.39 is 0 Å². The molecule has 1 saturated carbocycles. The van der Waals surface area contributed by atoms with E-state index >= 15 is 0 Å². The molecule has 1 aromatic carbocycles. The highest BCUT2D eigenvalue weighted by molar-refractivity contribution is 7.99. The summed E-state index contributed by atoms with van der Waals surface area (Å²) in [6, 6.07) is 8.26. The molecule has 1 fully saturated rings. The molecular formula is C16H19NO3S. The van der Waals surface area contributed by atoms with Gasteiger partial charge in [-0.05, 0) is 31.4 Å². The van der Waals surface area contributed by atoms with Crippen molar-refractivity contribution in [3.63, 3.8) is 0 Å². The lowest BCUT2D eigenvalue weighted by Gasteiger charge is -2.24. The molecule has 0 spiro atoms. The average molecular weight is 305 g/mol. The summed E-state index contributed by atoms with van der Waals surface area (Å²) >= 11 is 1.72. The maximum absolute atomic E-state index is 12.8. The van der Waals surface area contributed by atoms with Gasteiger partial charge in [0.05, 0.1) is 12.5 Å². The Kier molecular flexibility index (Phi) is 4.19. The number of hydrogen-bond donors (Lipinski definition) is 0. The van der Waals surface area contributed by atoms with Crippen molar-refractivity contribution in [2.75, 3.05) is 18.9 Å². The van der Waals surface area contributed by atoms with Crippen molar-refractivity contribution in [3.8, 4) is 0 Å². The smallest absolute Gasteiger partial charge is 0.325 e. The van der Waals surface area contributed by atoms with Crippen LogP contribution < -0.4 is 0 Å². The molecule has 21 heavy (non-hydrogen) atoms. The van der Waals surface area contributed by atoms with E-state index in [-0.39, 0.29) is 30.4 Å². The monoisotopic (exact) mass is 305 g/mol. The van der Waals surface area contributed by atoms with Gasteiger partial charge >= 0.3 is 5.97 Å². The molecule has 1 atom stereocenters. The molecule has 0 bridgehead atoms. The first-order chi connectivity index (χ1) is 10.2. The van der Waals surface area contributed by atoms with Gasteiger partial charge in [-0.15, -0.1) is 11.8 Å². The van der Waals surface area contributed by atoms with Crippen LogP contribution >= 0.6 is 11.8 Å². The molecule has 4 nitrogen and oxygen atoms in total. The molecule has 1 amide bonds. The highest BCUT2D eigenvalue weighted by Crippen LogP contribution is 2.41. The van der Waals surface area contributed by atoms with Crippen LogP contribution in [0.25, 0.3) is 0 Å². The Labute approximate surface area is 128 Å². The molecule has 0 radical (unpaired) electrons. The van der Waals surface area contributed by atoms with Crippen LogP contribution in [0.1, 0.15) is 31.2 Å². The third-order valence-electron chi connectivity index (χ3n) is 3.87. The first kappa shape index (κ1) is 14.4. The largest absolute Gasteiger partial charge is 0.465 e. The van der Waals surface area contributed by atoms with Crippen molar-refractivity contribution < 1.29 is 14.3 Å². The summed E-state index contributed by atoms with van der Waals surface area (Å²) in [5.41, 5.74) is 1.10. The predicted molar refractivity (Wildman–Crippen MR) is 81.3 cm³/mol. The third-order valence-corrected chi connectivity index (χ3v) is 5.06. The number of esters is 1. The fourth-order valence-electron chi connectivity index (χ4n) is 2.69. The lowest BCUT2D eigenvalue weighted by Crippen LogP contribution is -2.41. The van der Waals surface area contributed by atoms with Gasteiger partial charge in [-0.3, -0.25) is 9.59 Å². The first-order valence-corrected chi connectivity index (χ1v) is 8.37. The summed E-state index contributed by atoms with van der Waals surface area (Å²) in [4.78, 5) is 27.5. The Morgan fingerprint density at radius 1 is 1.33 bits per heavy atom. The number of thioether (sulfide) groups is 1. The number of rotatable bonds is 5. The van der Waals surface area contributed by atoms with Crippen LogP contribution in [-0.2, 0) is 14.3 Å². The van der Waals surface area contributed by atoms with Crippen molar-refractivity contribution in [1.82, 2.24) is 4.90 Å². The molecule has 1 aromatic rings. The van der Waals surface area contributed by atoms with E-state index in [9.17, 15) is 9.59 Å². The summed E-state index contributed by atoms with van der Waals surface area (Å²) in [6.45, 7) is 2.22. The van der Waals surface area contributed by atoms with E-state index in [1.807, 2.05) is 18.2 Å². The van der Waals surface area contributed by atoms with Crippen LogP contribution in [0, 0.1) is 0 Å². The second-order valence-corrected chi connectivity index (χ2v) is 6.47. The second-order valence-electron chi connectivity index (χ2n) is 5.40. The average Bonchev–Trinajstić information content (AvgIpc) is 3.23. The summed E-state index contributed by atoms with van der Waals surface area (Å²) in [5, 5.41) is 0. The zero-order valence-corrected chi connectivity index (χ0v) is 12.9. The minimum atomic E-state index is -0.309. The van der Waals surface area contributed by atoms with E-state index in [4.69, 9.17) is 4.74 Å². The van der Waals surface area contributed by atoms with Crippen molar-refractivity contribution in [2.45, 2.75) is 36.6 Å². The van der Waals surface area contributed by atoms with Crippen molar-refractivity contribution in [2.24, 2.45) is 0 Å². The third kappa shape index (κ3) is 3.07.